The number of urea groups is 1. The summed E-state index contributed by atoms with van der Waals surface area (Å²) >= 11 is 0. The molecule has 0 saturated carbocycles. The Balaban J connectivity index is 1.68. The number of aliphatic hydroxyl groups excluding tert-OH is 1. The average Bonchev–Trinajstić information content (AvgIpc) is 3.39. The summed E-state index contributed by atoms with van der Waals surface area (Å²) in [4.78, 5) is 17.5. The van der Waals surface area contributed by atoms with Crippen molar-refractivity contribution in [3.63, 3.8) is 0 Å². The van der Waals surface area contributed by atoms with Crippen LogP contribution in [0, 0.1) is 0 Å². The molecule has 29 heavy (non-hydrogen) atoms. The van der Waals surface area contributed by atoms with Gasteiger partial charge in [0, 0.05) is 24.0 Å². The number of nitrogens with one attached hydrogen (secondary N) is 1. The lowest BCUT2D eigenvalue weighted by atomic mass is 10.0. The maximum Gasteiger partial charge on any atom is 0.354 e. The fourth-order valence-corrected chi connectivity index (χ4v) is 5.13. The predicted molar refractivity (Wildman–Crippen MR) is 109 cm³/mol. The number of aryl methyl sites for hydroxylation is 2. The molecule has 0 spiro atoms. The molecule has 0 fully saturated rings. The number of pyridine rings is 1. The number of carbonyl (C=O) groups is 1. The number of carbonyl (C=O) groups excluding carboxylic acids is 1. The first-order chi connectivity index (χ1) is 13.8. The van der Waals surface area contributed by atoms with Crippen molar-refractivity contribution in [2.45, 2.75) is 70.0 Å². The van der Waals surface area contributed by atoms with Crippen LogP contribution in [0.1, 0.15) is 60.8 Å². The Labute approximate surface area is 170 Å². The Morgan fingerprint density at radius 2 is 2.21 bits per heavy atom. The van der Waals surface area contributed by atoms with Gasteiger partial charge in [-0.15, -0.1) is 4.36 Å². The van der Waals surface area contributed by atoms with Crippen LogP contribution in [0.15, 0.2) is 15.5 Å². The van der Waals surface area contributed by atoms with Crippen LogP contribution in [0.25, 0.3) is 0 Å². The van der Waals surface area contributed by atoms with Crippen LogP contribution in [0.4, 0.5) is 10.5 Å². The van der Waals surface area contributed by atoms with E-state index in [-0.39, 0.29) is 11.6 Å². The Kier molecular flexibility index (Phi) is 5.18. The van der Waals surface area contributed by atoms with Crippen molar-refractivity contribution in [3.05, 3.63) is 34.3 Å². The van der Waals surface area contributed by atoms with Gasteiger partial charge in [0.15, 0.2) is 14.9 Å². The molecule has 2 atom stereocenters. The van der Waals surface area contributed by atoms with Crippen LogP contribution >= 0.6 is 0 Å². The first-order valence-electron chi connectivity index (χ1n) is 9.92. The van der Waals surface area contributed by atoms with Crippen LogP contribution < -0.4 is 10.5 Å². The molecule has 0 saturated heterocycles. The monoisotopic (exact) mass is 418 g/mol. The summed E-state index contributed by atoms with van der Waals surface area (Å²) in [6.07, 6.45) is 4.62. The molecule has 2 aliphatic carbocycles. The van der Waals surface area contributed by atoms with E-state index in [1.807, 2.05) is 6.92 Å². The van der Waals surface area contributed by atoms with Crippen molar-refractivity contribution >= 4 is 21.6 Å². The minimum atomic E-state index is -3.54. The molecule has 2 amide bonds. The van der Waals surface area contributed by atoms with E-state index >= 15 is 0 Å². The molecule has 2 aromatic rings. The quantitative estimate of drug-likeness (QED) is 0.700. The van der Waals surface area contributed by atoms with E-state index in [1.165, 1.54) is 10.7 Å². The fourth-order valence-electron chi connectivity index (χ4n) is 4.23. The number of aliphatic hydroxyl groups is 1. The minimum Gasteiger partial charge on any atom is -0.390 e. The van der Waals surface area contributed by atoms with Gasteiger partial charge in [-0.05, 0) is 56.1 Å². The Hall–Kier alpha value is -2.30. The van der Waals surface area contributed by atoms with Gasteiger partial charge in [-0.25, -0.2) is 14.1 Å². The van der Waals surface area contributed by atoms with Crippen LogP contribution in [-0.4, -0.2) is 30.1 Å². The molecule has 4 rings (SSSR count). The van der Waals surface area contributed by atoms with Gasteiger partial charge in [-0.3, -0.25) is 9.67 Å². The molecule has 2 heterocycles. The highest BCUT2D eigenvalue weighted by Crippen LogP contribution is 2.41. The Bertz CT molecular complexity index is 1080. The molecule has 2 aromatic heterocycles. The summed E-state index contributed by atoms with van der Waals surface area (Å²) in [5.74, 6) is 0.358. The Morgan fingerprint density at radius 3 is 2.90 bits per heavy atom. The van der Waals surface area contributed by atoms with Crippen molar-refractivity contribution in [2.75, 3.05) is 5.32 Å². The second-order valence-corrected chi connectivity index (χ2v) is 9.35. The zero-order valence-corrected chi connectivity index (χ0v) is 17.5. The van der Waals surface area contributed by atoms with Crippen LogP contribution in [0.5, 0.6) is 0 Å². The van der Waals surface area contributed by atoms with Gasteiger partial charge < -0.3 is 10.4 Å². The zero-order valence-electron chi connectivity index (χ0n) is 16.6. The average molecular weight is 419 g/mol. The molecule has 9 nitrogen and oxygen atoms in total. The number of amides is 2. The van der Waals surface area contributed by atoms with E-state index in [0.717, 1.165) is 60.3 Å². The smallest absolute Gasteiger partial charge is 0.354 e. The number of hydrogen-bond donors (Lipinski definition) is 3. The third-order valence-corrected chi connectivity index (χ3v) is 6.94. The first kappa shape index (κ1) is 20.0. The molecule has 0 aromatic carbocycles. The highest BCUT2D eigenvalue weighted by Gasteiger charge is 2.30. The maximum atomic E-state index is 12.9. The Morgan fingerprint density at radius 1 is 1.41 bits per heavy atom. The van der Waals surface area contributed by atoms with Gasteiger partial charge in [-0.2, -0.15) is 5.10 Å². The van der Waals surface area contributed by atoms with Gasteiger partial charge in [0.2, 0.25) is 0 Å². The molecule has 0 radical (unpaired) electrons. The largest absolute Gasteiger partial charge is 0.390 e. The highest BCUT2D eigenvalue weighted by atomic mass is 32.2. The van der Waals surface area contributed by atoms with Crippen molar-refractivity contribution in [3.8, 4) is 0 Å². The molecular formula is C19H26N6O3S. The van der Waals surface area contributed by atoms with Crippen molar-refractivity contribution < 1.29 is 14.1 Å². The van der Waals surface area contributed by atoms with Crippen LogP contribution in [-0.2, 0) is 42.3 Å². The van der Waals surface area contributed by atoms with Gasteiger partial charge >= 0.3 is 6.03 Å². The number of nitrogens with zero attached hydrogens (tertiary/aromatic N) is 4. The molecule has 0 aliphatic heterocycles. The van der Waals surface area contributed by atoms with Crippen LogP contribution in [0.3, 0.4) is 0 Å². The summed E-state index contributed by atoms with van der Waals surface area (Å²) in [7, 11) is -3.54. The second-order valence-electron chi connectivity index (χ2n) is 7.61. The van der Waals surface area contributed by atoms with E-state index in [1.54, 1.807) is 0 Å². The first-order valence-corrected chi connectivity index (χ1v) is 11.5. The third-order valence-electron chi connectivity index (χ3n) is 5.70. The lowest BCUT2D eigenvalue weighted by Gasteiger charge is -2.15. The standard InChI is InChI=1S/C19H26N6O3S/c1-3-25-12(10-26)9-16(23-25)29(20,28)24-19(27)22-18-13-5-4-6-15(13)21-17-11(2)7-8-14(17)18/h9,11,26H,3-8,10H2,1-2H3,(H3,20,21,22,24,27,28)/t11-,29?/m1/s1. The molecule has 4 N–H and O–H groups in total. The number of anilines is 1. The van der Waals surface area contributed by atoms with Gasteiger partial charge in [0.05, 0.1) is 18.0 Å². The van der Waals surface area contributed by atoms with E-state index in [9.17, 15) is 14.1 Å². The van der Waals surface area contributed by atoms with Crippen molar-refractivity contribution in [1.82, 2.24) is 14.8 Å². The van der Waals surface area contributed by atoms with Crippen molar-refractivity contribution in [2.24, 2.45) is 9.50 Å². The summed E-state index contributed by atoms with van der Waals surface area (Å²) < 4.78 is 18.1. The third kappa shape index (κ3) is 3.56. The lowest BCUT2D eigenvalue weighted by molar-refractivity contribution is 0.260. The number of hydrogen-bond acceptors (Lipinski definition) is 5. The predicted octanol–water partition coefficient (Wildman–Crippen LogP) is 2.26. The molecule has 1 unspecified atom stereocenters. The number of aromatic nitrogens is 3. The van der Waals surface area contributed by atoms with Gasteiger partial charge in [0.25, 0.3) is 0 Å². The second kappa shape index (κ2) is 7.51. The summed E-state index contributed by atoms with van der Waals surface area (Å²) in [5.41, 5.74) is 5.44. The van der Waals surface area contributed by atoms with Crippen molar-refractivity contribution in [1.29, 1.82) is 0 Å². The van der Waals surface area contributed by atoms with E-state index in [0.29, 0.717) is 18.2 Å². The lowest BCUT2D eigenvalue weighted by Crippen LogP contribution is -2.19. The van der Waals surface area contributed by atoms with Gasteiger partial charge in [0.1, 0.15) is 0 Å². The SMILES string of the molecule is CCn1nc(S(N)(=O)=NC(=O)Nc2c3c(nc4c2CC[C@H]4C)CCC3)cc1CO. The molecule has 0 bridgehead atoms. The minimum absolute atomic E-state index is 0.0163. The van der Waals surface area contributed by atoms with E-state index in [4.69, 9.17) is 10.1 Å². The normalized spacial score (nSPS) is 19.5. The summed E-state index contributed by atoms with van der Waals surface area (Å²) in [5, 5.41) is 22.2. The summed E-state index contributed by atoms with van der Waals surface area (Å²) in [6.45, 7) is 4.19. The molecule has 156 valence electrons. The molecule has 10 heteroatoms. The number of fused-ring (bicyclic) bond motifs is 2. The molecule has 2 aliphatic rings. The zero-order chi connectivity index (χ0) is 20.8. The van der Waals surface area contributed by atoms with Crippen LogP contribution in [0.2, 0.25) is 0 Å². The topological polar surface area (TPSA) is 135 Å². The summed E-state index contributed by atoms with van der Waals surface area (Å²) in [6, 6.07) is 0.669. The molecular weight excluding hydrogens is 392 g/mol. The number of rotatable bonds is 4. The van der Waals surface area contributed by atoms with E-state index in [2.05, 4.69) is 21.7 Å². The fraction of sp³-hybridized carbons (Fsp3) is 0.526. The van der Waals surface area contributed by atoms with Gasteiger partial charge in [-0.1, -0.05) is 6.92 Å². The number of nitrogens with two attached hydrogens (primary N) is 1. The maximum absolute atomic E-state index is 12.9. The highest BCUT2D eigenvalue weighted by molar-refractivity contribution is 7.91. The van der Waals surface area contributed by atoms with E-state index < -0.39 is 15.9 Å².